The minimum atomic E-state index is -0.0980. The number of nitrogens with zero attached hydrogens (tertiary/aromatic N) is 3. The Balaban J connectivity index is 1.84. The monoisotopic (exact) mass is 504 g/mol. The van der Waals surface area contributed by atoms with Crippen molar-refractivity contribution >= 4 is 22.1 Å². The highest BCUT2D eigenvalue weighted by atomic mass is 15.0. The highest BCUT2D eigenvalue weighted by molar-refractivity contribution is 5.73. The highest BCUT2D eigenvalue weighted by Gasteiger charge is 2.30. The number of aromatic amines is 2. The molecule has 3 aromatic heterocycles. The molecule has 6 nitrogen and oxygen atoms in total. The van der Waals surface area contributed by atoms with Gasteiger partial charge in [-0.25, -0.2) is 0 Å². The van der Waals surface area contributed by atoms with E-state index in [0.29, 0.717) is 13.1 Å². The van der Waals surface area contributed by atoms with Crippen molar-refractivity contribution in [1.29, 1.82) is 0 Å². The number of nitrogens with one attached hydrogen (secondary N) is 2. The van der Waals surface area contributed by atoms with Gasteiger partial charge >= 0.3 is 0 Å². The Morgan fingerprint density at radius 1 is 0.763 bits per heavy atom. The SMILES string of the molecule is CN(C)CC#Cc1cc2cc3nc(cc4[nH]c(cc5nc(cc1[nH]2)CC5(C)C)cc4C#CCN)CC3(C)C. The van der Waals surface area contributed by atoms with Crippen molar-refractivity contribution in [2.75, 3.05) is 27.2 Å². The van der Waals surface area contributed by atoms with Crippen molar-refractivity contribution in [1.82, 2.24) is 24.8 Å². The molecule has 4 N–H and O–H groups in total. The van der Waals surface area contributed by atoms with Crippen molar-refractivity contribution in [2.24, 2.45) is 5.73 Å². The number of H-pyrrole nitrogens is 2. The Bertz CT molecular complexity index is 1680. The minimum Gasteiger partial charge on any atom is -0.354 e. The van der Waals surface area contributed by atoms with E-state index in [9.17, 15) is 0 Å². The fourth-order valence-electron chi connectivity index (χ4n) is 5.04. The molecule has 0 atom stereocenters. The minimum absolute atomic E-state index is 0.0980. The van der Waals surface area contributed by atoms with Gasteiger partial charge in [0, 0.05) is 57.5 Å². The van der Waals surface area contributed by atoms with Gasteiger partial charge in [0.15, 0.2) is 0 Å². The lowest BCUT2D eigenvalue weighted by atomic mass is 9.87. The van der Waals surface area contributed by atoms with Crippen LogP contribution in [0.15, 0.2) is 36.4 Å². The molecule has 2 aliphatic rings. The van der Waals surface area contributed by atoms with Crippen LogP contribution < -0.4 is 5.73 Å². The lowest BCUT2D eigenvalue weighted by molar-refractivity contribution is 0.464. The van der Waals surface area contributed by atoms with E-state index in [2.05, 4.69) is 103 Å². The maximum absolute atomic E-state index is 5.68. The zero-order valence-corrected chi connectivity index (χ0v) is 23.2. The summed E-state index contributed by atoms with van der Waals surface area (Å²) in [7, 11) is 4.06. The molecular formula is C32H36N6. The van der Waals surface area contributed by atoms with Crippen LogP contribution in [-0.2, 0) is 23.7 Å². The smallest absolute Gasteiger partial charge is 0.0600 e. The Morgan fingerprint density at radius 3 is 1.68 bits per heavy atom. The molecule has 5 heterocycles. The van der Waals surface area contributed by atoms with Gasteiger partial charge in [0.25, 0.3) is 0 Å². The van der Waals surface area contributed by atoms with E-state index >= 15 is 0 Å². The van der Waals surface area contributed by atoms with E-state index in [1.807, 2.05) is 14.1 Å². The van der Waals surface area contributed by atoms with E-state index in [1.165, 1.54) is 0 Å². The number of rotatable bonds is 1. The fourth-order valence-corrected chi connectivity index (χ4v) is 5.04. The molecule has 0 saturated carbocycles. The summed E-state index contributed by atoms with van der Waals surface area (Å²) >= 11 is 0. The molecule has 0 aliphatic carbocycles. The molecule has 6 heteroatoms. The lowest BCUT2D eigenvalue weighted by Crippen LogP contribution is -2.15. The van der Waals surface area contributed by atoms with Crippen LogP contribution in [0.4, 0.5) is 0 Å². The Kier molecular flexibility index (Phi) is 6.65. The number of hydrogen-bond donors (Lipinski definition) is 3. The van der Waals surface area contributed by atoms with E-state index in [0.717, 1.165) is 68.8 Å². The van der Waals surface area contributed by atoms with Crippen molar-refractivity contribution in [3.63, 3.8) is 0 Å². The summed E-state index contributed by atoms with van der Waals surface area (Å²) < 4.78 is 0. The van der Waals surface area contributed by atoms with E-state index in [4.69, 9.17) is 15.7 Å². The topological polar surface area (TPSA) is 86.6 Å². The average Bonchev–Trinajstić information content (AvgIpc) is 3.52. The molecular weight excluding hydrogens is 468 g/mol. The Hall–Kier alpha value is -3.84. The zero-order valence-electron chi connectivity index (χ0n) is 23.2. The van der Waals surface area contributed by atoms with Crippen molar-refractivity contribution < 1.29 is 0 Å². The van der Waals surface area contributed by atoms with Gasteiger partial charge in [-0.05, 0) is 50.5 Å². The van der Waals surface area contributed by atoms with E-state index < -0.39 is 0 Å². The molecule has 8 bridgehead atoms. The Labute approximate surface area is 225 Å². The highest BCUT2D eigenvalue weighted by Crippen LogP contribution is 2.33. The Morgan fingerprint density at radius 2 is 1.24 bits per heavy atom. The van der Waals surface area contributed by atoms with Crippen LogP contribution in [0.1, 0.15) is 61.6 Å². The maximum Gasteiger partial charge on any atom is 0.0600 e. The largest absolute Gasteiger partial charge is 0.354 e. The third-order valence-corrected chi connectivity index (χ3v) is 7.05. The molecule has 0 amide bonds. The van der Waals surface area contributed by atoms with Gasteiger partial charge in [-0.2, -0.15) is 0 Å². The summed E-state index contributed by atoms with van der Waals surface area (Å²) in [5.41, 5.74) is 15.4. The summed E-state index contributed by atoms with van der Waals surface area (Å²) in [4.78, 5) is 19.4. The molecule has 3 aromatic rings. The second-order valence-corrected chi connectivity index (χ2v) is 11.8. The van der Waals surface area contributed by atoms with Crippen molar-refractivity contribution in [3.8, 4) is 23.7 Å². The number of hydrogen-bond acceptors (Lipinski definition) is 4. The van der Waals surface area contributed by atoms with Gasteiger partial charge in [0.1, 0.15) is 0 Å². The van der Waals surface area contributed by atoms with Gasteiger partial charge in [-0.3, -0.25) is 14.9 Å². The summed E-state index contributed by atoms with van der Waals surface area (Å²) in [6.07, 6.45) is 1.69. The molecule has 2 aliphatic heterocycles. The predicted molar refractivity (Wildman–Crippen MR) is 156 cm³/mol. The molecule has 5 rings (SSSR count). The molecule has 0 saturated heterocycles. The molecule has 0 aromatic carbocycles. The van der Waals surface area contributed by atoms with E-state index in [1.54, 1.807) is 0 Å². The first-order valence-electron chi connectivity index (χ1n) is 13.1. The van der Waals surface area contributed by atoms with Crippen LogP contribution >= 0.6 is 0 Å². The normalized spacial score (nSPS) is 15.5. The van der Waals surface area contributed by atoms with Gasteiger partial charge in [0.05, 0.1) is 35.2 Å². The summed E-state index contributed by atoms with van der Waals surface area (Å²) in [6.45, 7) is 9.97. The molecule has 0 spiro atoms. The van der Waals surface area contributed by atoms with E-state index in [-0.39, 0.29) is 10.8 Å². The van der Waals surface area contributed by atoms with Crippen molar-refractivity contribution in [3.05, 3.63) is 70.3 Å². The maximum atomic E-state index is 5.68. The van der Waals surface area contributed by atoms with Gasteiger partial charge in [-0.1, -0.05) is 51.4 Å². The quantitative estimate of drug-likeness (QED) is 0.424. The second-order valence-electron chi connectivity index (χ2n) is 11.8. The van der Waals surface area contributed by atoms with Crippen LogP contribution in [0.5, 0.6) is 0 Å². The first-order valence-corrected chi connectivity index (χ1v) is 13.1. The van der Waals surface area contributed by atoms with Crippen LogP contribution in [0, 0.1) is 23.7 Å². The zero-order chi connectivity index (χ0) is 27.1. The average molecular weight is 505 g/mol. The van der Waals surface area contributed by atoms with Crippen LogP contribution in [0.2, 0.25) is 0 Å². The van der Waals surface area contributed by atoms with Crippen LogP contribution in [0.25, 0.3) is 22.1 Å². The number of aromatic nitrogens is 4. The standard InChI is InChI=1S/C32H36N6/c1-31(2)19-25-15-27-21(9-7-11-33)13-23(34-27)17-29-32(3,4)20-26(37-29)16-28-22(10-8-12-38(5)6)14-24(35-28)18-30(31)36-25/h13-18,34-35H,11-12,19-20,33H2,1-6H3. The fraction of sp³-hybridized carbons (Fsp3) is 0.375. The molecule has 0 fully saturated rings. The molecule has 38 heavy (non-hydrogen) atoms. The first kappa shape index (κ1) is 25.8. The molecule has 0 unspecified atom stereocenters. The van der Waals surface area contributed by atoms with Gasteiger partial charge < -0.3 is 15.7 Å². The van der Waals surface area contributed by atoms with Crippen LogP contribution in [0.3, 0.4) is 0 Å². The third kappa shape index (κ3) is 5.38. The van der Waals surface area contributed by atoms with Gasteiger partial charge in [-0.15, -0.1) is 0 Å². The predicted octanol–water partition coefficient (Wildman–Crippen LogP) is 4.58. The third-order valence-electron chi connectivity index (χ3n) is 7.05. The number of nitrogens with two attached hydrogens (primary N) is 1. The lowest BCUT2D eigenvalue weighted by Gasteiger charge is -2.15. The van der Waals surface area contributed by atoms with Gasteiger partial charge in [0.2, 0.25) is 0 Å². The number of fused-ring (bicyclic) bond motifs is 8. The first-order chi connectivity index (χ1) is 18.0. The summed E-state index contributed by atoms with van der Waals surface area (Å²) in [5.74, 6) is 12.9. The second kappa shape index (κ2) is 9.80. The van der Waals surface area contributed by atoms with Crippen LogP contribution in [-0.4, -0.2) is 52.0 Å². The summed E-state index contributed by atoms with van der Waals surface area (Å²) in [6, 6.07) is 12.8. The summed E-state index contributed by atoms with van der Waals surface area (Å²) in [5, 5.41) is 0. The molecule has 194 valence electrons. The molecule has 0 radical (unpaired) electrons. The van der Waals surface area contributed by atoms with Crippen molar-refractivity contribution in [2.45, 2.75) is 51.4 Å².